The number of hydrogen-bond donors (Lipinski definition) is 1. The van der Waals surface area contributed by atoms with Gasteiger partial charge < -0.3 is 5.32 Å². The molecule has 1 aromatic heterocycles. The molecule has 0 saturated heterocycles. The smallest absolute Gasteiger partial charge is 0.267 e. The molecule has 2 nitrogen and oxygen atoms in total. The molecule has 0 saturated carbocycles. The maximum Gasteiger partial charge on any atom is 0.267 e. The maximum atomic E-state index is 13.5. The van der Waals surface area contributed by atoms with Crippen molar-refractivity contribution in [2.75, 3.05) is 5.32 Å². The summed E-state index contributed by atoms with van der Waals surface area (Å²) >= 11 is 7.57. The predicted molar refractivity (Wildman–Crippen MR) is 85.9 cm³/mol. The largest absolute Gasteiger partial charge is 0.321 e. The minimum Gasteiger partial charge on any atom is -0.321 e. The van der Waals surface area contributed by atoms with Crippen molar-refractivity contribution in [1.82, 2.24) is 0 Å². The van der Waals surface area contributed by atoms with Gasteiger partial charge in [0.15, 0.2) is 0 Å². The lowest BCUT2D eigenvalue weighted by molar-refractivity contribution is 0.103. The summed E-state index contributed by atoms with van der Waals surface area (Å²) in [4.78, 5) is 12.7. The van der Waals surface area contributed by atoms with Crippen LogP contribution in [0.1, 0.15) is 15.2 Å². The molecule has 2 aromatic carbocycles. The van der Waals surface area contributed by atoms with E-state index in [1.807, 2.05) is 24.3 Å². The van der Waals surface area contributed by atoms with Crippen LogP contribution < -0.4 is 5.32 Å². The van der Waals surface area contributed by atoms with E-state index in [-0.39, 0.29) is 11.7 Å². The molecule has 5 heteroatoms. The molecule has 0 aliphatic carbocycles. The Labute approximate surface area is 130 Å². The second-order valence-electron chi connectivity index (χ2n) is 4.66. The molecule has 3 rings (SSSR count). The first-order valence-corrected chi connectivity index (χ1v) is 7.50. The van der Waals surface area contributed by atoms with Gasteiger partial charge in [-0.15, -0.1) is 11.3 Å². The summed E-state index contributed by atoms with van der Waals surface area (Å²) in [5.74, 6) is -0.681. The van der Waals surface area contributed by atoms with Gasteiger partial charge in [-0.1, -0.05) is 35.9 Å². The van der Waals surface area contributed by atoms with Crippen LogP contribution in [0, 0.1) is 12.7 Å². The molecular formula is C16H11ClFNOS. The van der Waals surface area contributed by atoms with E-state index in [4.69, 9.17) is 11.6 Å². The zero-order valence-corrected chi connectivity index (χ0v) is 12.7. The highest BCUT2D eigenvalue weighted by atomic mass is 35.5. The summed E-state index contributed by atoms with van der Waals surface area (Å²) in [6.45, 7) is 1.67. The van der Waals surface area contributed by atoms with Gasteiger partial charge in [0.2, 0.25) is 0 Å². The van der Waals surface area contributed by atoms with Gasteiger partial charge in [-0.05, 0) is 30.7 Å². The number of hydrogen-bond acceptors (Lipinski definition) is 2. The Balaban J connectivity index is 1.93. The third-order valence-electron chi connectivity index (χ3n) is 3.17. The number of anilines is 1. The van der Waals surface area contributed by atoms with Crippen molar-refractivity contribution in [1.29, 1.82) is 0 Å². The van der Waals surface area contributed by atoms with Crippen molar-refractivity contribution in [3.63, 3.8) is 0 Å². The second kappa shape index (κ2) is 5.47. The molecule has 0 radical (unpaired) electrons. The number of benzene rings is 2. The first kappa shape index (κ1) is 14.0. The number of carbonyl (C=O) groups is 1. The number of carbonyl (C=O) groups excluding carboxylic acids is 1. The van der Waals surface area contributed by atoms with Crippen LogP contribution in [0.25, 0.3) is 10.1 Å². The van der Waals surface area contributed by atoms with Crippen molar-refractivity contribution in [3.05, 3.63) is 63.7 Å². The highest BCUT2D eigenvalue weighted by Gasteiger charge is 2.17. The second-order valence-corrected chi connectivity index (χ2v) is 6.09. The standard InChI is InChI=1S/C16H11ClFNOS/c1-9-6-7-10(8-12(9)18)19-16(20)15-14(17)11-4-2-3-5-13(11)21-15/h2-8H,1H3,(H,19,20). The number of nitrogens with one attached hydrogen (secondary N) is 1. The van der Waals surface area contributed by atoms with Crippen LogP contribution in [0.2, 0.25) is 5.02 Å². The molecule has 0 spiro atoms. The fraction of sp³-hybridized carbons (Fsp3) is 0.0625. The normalized spacial score (nSPS) is 10.8. The summed E-state index contributed by atoms with van der Waals surface area (Å²) in [7, 11) is 0. The van der Waals surface area contributed by atoms with Crippen LogP contribution >= 0.6 is 22.9 Å². The third kappa shape index (κ3) is 2.64. The number of aryl methyl sites for hydroxylation is 1. The van der Waals surface area contributed by atoms with E-state index in [1.165, 1.54) is 17.4 Å². The van der Waals surface area contributed by atoms with Gasteiger partial charge in [0.1, 0.15) is 10.7 Å². The molecule has 1 heterocycles. The zero-order valence-electron chi connectivity index (χ0n) is 11.1. The molecule has 1 N–H and O–H groups in total. The minimum atomic E-state index is -0.352. The van der Waals surface area contributed by atoms with E-state index in [1.54, 1.807) is 19.1 Å². The average molecular weight is 320 g/mol. The lowest BCUT2D eigenvalue weighted by Crippen LogP contribution is -2.10. The van der Waals surface area contributed by atoms with Crippen molar-refractivity contribution in [3.8, 4) is 0 Å². The first-order chi connectivity index (χ1) is 10.1. The molecule has 0 aliphatic rings. The van der Waals surface area contributed by atoms with Gasteiger partial charge in [-0.2, -0.15) is 0 Å². The Bertz CT molecular complexity index is 843. The van der Waals surface area contributed by atoms with Crippen LogP contribution in [0.4, 0.5) is 10.1 Å². The summed E-state index contributed by atoms with van der Waals surface area (Å²) < 4.78 is 14.5. The van der Waals surface area contributed by atoms with Crippen LogP contribution in [-0.2, 0) is 0 Å². The lowest BCUT2D eigenvalue weighted by atomic mass is 10.2. The zero-order chi connectivity index (χ0) is 15.0. The third-order valence-corrected chi connectivity index (χ3v) is 4.85. The average Bonchev–Trinajstić information content (AvgIpc) is 2.81. The molecular weight excluding hydrogens is 309 g/mol. The predicted octanol–water partition coefficient (Wildman–Crippen LogP) is 5.25. The van der Waals surface area contributed by atoms with Crippen LogP contribution in [0.3, 0.4) is 0 Å². The maximum absolute atomic E-state index is 13.5. The number of halogens is 2. The number of thiophene rings is 1. The molecule has 0 fully saturated rings. The van der Waals surface area contributed by atoms with Gasteiger partial charge in [0.05, 0.1) is 5.02 Å². The number of fused-ring (bicyclic) bond motifs is 1. The highest BCUT2D eigenvalue weighted by Crippen LogP contribution is 2.35. The Morgan fingerprint density at radius 1 is 1.24 bits per heavy atom. The van der Waals surface area contributed by atoms with Gasteiger partial charge in [-0.25, -0.2) is 4.39 Å². The molecule has 106 valence electrons. The van der Waals surface area contributed by atoms with E-state index in [9.17, 15) is 9.18 Å². The first-order valence-electron chi connectivity index (χ1n) is 6.31. The van der Waals surface area contributed by atoms with Crippen LogP contribution in [0.15, 0.2) is 42.5 Å². The molecule has 1 amide bonds. The van der Waals surface area contributed by atoms with Crippen molar-refractivity contribution in [2.24, 2.45) is 0 Å². The quantitative estimate of drug-likeness (QED) is 0.686. The Kier molecular flexibility index (Phi) is 3.66. The highest BCUT2D eigenvalue weighted by molar-refractivity contribution is 7.21. The van der Waals surface area contributed by atoms with Crippen LogP contribution in [-0.4, -0.2) is 5.91 Å². The molecule has 0 bridgehead atoms. The monoisotopic (exact) mass is 319 g/mol. The Morgan fingerprint density at radius 3 is 2.71 bits per heavy atom. The minimum absolute atomic E-state index is 0.329. The van der Waals surface area contributed by atoms with E-state index in [0.717, 1.165) is 10.1 Å². The van der Waals surface area contributed by atoms with E-state index in [2.05, 4.69) is 5.32 Å². The topological polar surface area (TPSA) is 29.1 Å². The SMILES string of the molecule is Cc1ccc(NC(=O)c2sc3ccccc3c2Cl)cc1F. The summed E-state index contributed by atoms with van der Waals surface area (Å²) in [6, 6.07) is 12.1. The van der Waals surface area contributed by atoms with E-state index in [0.29, 0.717) is 21.2 Å². The van der Waals surface area contributed by atoms with Crippen molar-refractivity contribution in [2.45, 2.75) is 6.92 Å². The van der Waals surface area contributed by atoms with Gasteiger partial charge in [0.25, 0.3) is 5.91 Å². The molecule has 0 unspecified atom stereocenters. The molecule has 3 aromatic rings. The molecule has 0 aliphatic heterocycles. The van der Waals surface area contributed by atoms with Crippen LogP contribution in [0.5, 0.6) is 0 Å². The summed E-state index contributed by atoms with van der Waals surface area (Å²) in [5.41, 5.74) is 0.949. The van der Waals surface area contributed by atoms with E-state index >= 15 is 0 Å². The van der Waals surface area contributed by atoms with Gasteiger partial charge in [-0.3, -0.25) is 4.79 Å². The summed E-state index contributed by atoms with van der Waals surface area (Å²) in [6.07, 6.45) is 0. The number of amides is 1. The molecule has 0 atom stereocenters. The number of rotatable bonds is 2. The summed E-state index contributed by atoms with van der Waals surface area (Å²) in [5, 5.41) is 3.96. The lowest BCUT2D eigenvalue weighted by Gasteiger charge is -2.05. The Hall–Kier alpha value is -1.91. The van der Waals surface area contributed by atoms with Crippen molar-refractivity contribution < 1.29 is 9.18 Å². The fourth-order valence-electron chi connectivity index (χ4n) is 2.02. The molecule has 21 heavy (non-hydrogen) atoms. The Morgan fingerprint density at radius 2 is 2.00 bits per heavy atom. The van der Waals surface area contributed by atoms with Gasteiger partial charge >= 0.3 is 0 Å². The fourth-order valence-corrected chi connectivity index (χ4v) is 3.43. The van der Waals surface area contributed by atoms with Gasteiger partial charge in [0, 0.05) is 15.8 Å². The van der Waals surface area contributed by atoms with E-state index < -0.39 is 0 Å². The van der Waals surface area contributed by atoms with Crippen molar-refractivity contribution >= 4 is 44.6 Å².